The molecule has 0 unspecified atom stereocenters. The van der Waals surface area contributed by atoms with E-state index >= 15 is 0 Å². The van der Waals surface area contributed by atoms with Gasteiger partial charge in [0.15, 0.2) is 15.5 Å². The molecule has 2 fully saturated rings. The fourth-order valence-corrected chi connectivity index (χ4v) is 6.16. The van der Waals surface area contributed by atoms with Gasteiger partial charge in [-0.05, 0) is 57.7 Å². The number of pyridine rings is 1. The normalized spacial score (nSPS) is 20.3. The summed E-state index contributed by atoms with van der Waals surface area (Å²) in [6, 6.07) is 7.59. The zero-order valence-electron chi connectivity index (χ0n) is 18.0. The highest BCUT2D eigenvalue weighted by Gasteiger charge is 2.34. The van der Waals surface area contributed by atoms with Crippen molar-refractivity contribution in [1.82, 2.24) is 14.8 Å². The number of benzene rings is 1. The average Bonchev–Trinajstić information content (AvgIpc) is 3.43. The Labute approximate surface area is 181 Å². The number of hydrogen-bond donors (Lipinski definition) is 1. The fourth-order valence-electron chi connectivity index (χ4n) is 4.47. The van der Waals surface area contributed by atoms with Crippen molar-refractivity contribution in [3.8, 4) is 0 Å². The number of nitrogens with zero attached hydrogens (tertiary/aromatic N) is 3. The molecular weight excluding hydrogens is 412 g/mol. The van der Waals surface area contributed by atoms with Crippen molar-refractivity contribution in [3.63, 3.8) is 0 Å². The van der Waals surface area contributed by atoms with Gasteiger partial charge in [0.1, 0.15) is 0 Å². The van der Waals surface area contributed by atoms with E-state index in [2.05, 4.69) is 10.4 Å². The standard InChI is InChI=1S/C23H26N4O3S/c1-13-4-7-19(14(2)10-13)25-23(28)18-11-20(16-5-6-16)24-22-21(18)15(3)26-27(22)17-8-9-31(29,30)12-17/h4,7,10-11,16-17H,5-6,8-9,12H2,1-3H3,(H,25,28)/t17-/m0/s1. The molecule has 2 aliphatic rings. The third-order valence-electron chi connectivity index (χ3n) is 6.28. The molecule has 3 aromatic rings. The van der Waals surface area contributed by atoms with Crippen molar-refractivity contribution >= 4 is 32.5 Å². The van der Waals surface area contributed by atoms with Gasteiger partial charge >= 0.3 is 0 Å². The first-order chi connectivity index (χ1) is 14.7. The summed E-state index contributed by atoms with van der Waals surface area (Å²) in [7, 11) is -3.06. The number of aryl methyl sites for hydroxylation is 3. The second-order valence-electron chi connectivity index (χ2n) is 8.93. The van der Waals surface area contributed by atoms with E-state index in [0.29, 0.717) is 34.6 Å². The van der Waals surface area contributed by atoms with E-state index in [9.17, 15) is 13.2 Å². The minimum Gasteiger partial charge on any atom is -0.322 e. The van der Waals surface area contributed by atoms with Crippen LogP contribution < -0.4 is 5.32 Å². The average molecular weight is 439 g/mol. The quantitative estimate of drug-likeness (QED) is 0.668. The van der Waals surface area contributed by atoms with Gasteiger partial charge in [-0.15, -0.1) is 0 Å². The van der Waals surface area contributed by atoms with Crippen LogP contribution in [-0.2, 0) is 9.84 Å². The van der Waals surface area contributed by atoms with Gasteiger partial charge in [-0.1, -0.05) is 17.7 Å². The lowest BCUT2D eigenvalue weighted by atomic mass is 10.1. The summed E-state index contributed by atoms with van der Waals surface area (Å²) in [4.78, 5) is 18.2. The minimum atomic E-state index is -3.06. The second kappa shape index (κ2) is 7.15. The van der Waals surface area contributed by atoms with Crippen LogP contribution in [0.1, 0.15) is 64.1 Å². The smallest absolute Gasteiger partial charge is 0.256 e. The highest BCUT2D eigenvalue weighted by atomic mass is 32.2. The number of carbonyl (C=O) groups excluding carboxylic acids is 1. The third-order valence-corrected chi connectivity index (χ3v) is 8.03. The van der Waals surface area contributed by atoms with Crippen LogP contribution in [0.15, 0.2) is 24.3 Å². The number of sulfone groups is 1. The van der Waals surface area contributed by atoms with Crippen LogP contribution in [0, 0.1) is 20.8 Å². The fraction of sp³-hybridized carbons (Fsp3) is 0.435. The number of carbonyl (C=O) groups is 1. The Morgan fingerprint density at radius 3 is 2.55 bits per heavy atom. The summed E-state index contributed by atoms with van der Waals surface area (Å²) < 4.78 is 25.8. The maximum Gasteiger partial charge on any atom is 0.256 e. The Bertz CT molecular complexity index is 1320. The van der Waals surface area contributed by atoms with Crippen molar-refractivity contribution in [2.45, 2.75) is 52.0 Å². The highest BCUT2D eigenvalue weighted by Crippen LogP contribution is 2.41. The summed E-state index contributed by atoms with van der Waals surface area (Å²) in [5, 5.41) is 8.40. The number of amides is 1. The first-order valence-corrected chi connectivity index (χ1v) is 12.5. The predicted molar refractivity (Wildman–Crippen MR) is 120 cm³/mol. The van der Waals surface area contributed by atoms with E-state index in [1.807, 2.05) is 45.0 Å². The summed E-state index contributed by atoms with van der Waals surface area (Å²) >= 11 is 0. The molecule has 1 saturated carbocycles. The third kappa shape index (κ3) is 3.73. The summed E-state index contributed by atoms with van der Waals surface area (Å²) in [6.45, 7) is 5.85. The second-order valence-corrected chi connectivity index (χ2v) is 11.2. The van der Waals surface area contributed by atoms with Crippen LogP contribution in [0.2, 0.25) is 0 Å². The van der Waals surface area contributed by atoms with E-state index in [4.69, 9.17) is 4.98 Å². The first kappa shape index (κ1) is 20.2. The Balaban J connectivity index is 1.61. The molecular formula is C23H26N4O3S. The molecule has 0 spiro atoms. The van der Waals surface area contributed by atoms with Crippen LogP contribution in [-0.4, -0.2) is 40.6 Å². The number of fused-ring (bicyclic) bond motifs is 1. The van der Waals surface area contributed by atoms with Crippen molar-refractivity contribution < 1.29 is 13.2 Å². The number of anilines is 1. The van der Waals surface area contributed by atoms with E-state index in [1.54, 1.807) is 4.68 Å². The molecule has 1 aliphatic heterocycles. The van der Waals surface area contributed by atoms with Gasteiger partial charge in [-0.3, -0.25) is 4.79 Å². The molecule has 1 aromatic carbocycles. The van der Waals surface area contributed by atoms with Gasteiger partial charge < -0.3 is 5.32 Å². The lowest BCUT2D eigenvalue weighted by Gasteiger charge is -2.13. The van der Waals surface area contributed by atoms with Gasteiger partial charge in [0.05, 0.1) is 34.2 Å². The number of hydrogen-bond acceptors (Lipinski definition) is 5. The molecule has 0 bridgehead atoms. The van der Waals surface area contributed by atoms with Crippen molar-refractivity contribution in [2.24, 2.45) is 0 Å². The van der Waals surface area contributed by atoms with Crippen LogP contribution in [0.3, 0.4) is 0 Å². The molecule has 5 rings (SSSR count). The molecule has 162 valence electrons. The van der Waals surface area contributed by atoms with Crippen LogP contribution >= 0.6 is 0 Å². The van der Waals surface area contributed by atoms with Gasteiger partial charge in [-0.25, -0.2) is 18.1 Å². The van der Waals surface area contributed by atoms with E-state index < -0.39 is 9.84 Å². The zero-order valence-corrected chi connectivity index (χ0v) is 18.8. The summed E-state index contributed by atoms with van der Waals surface area (Å²) in [6.07, 6.45) is 2.64. The van der Waals surface area contributed by atoms with Crippen LogP contribution in [0.25, 0.3) is 11.0 Å². The minimum absolute atomic E-state index is 0.0721. The Morgan fingerprint density at radius 1 is 1.13 bits per heavy atom. The van der Waals surface area contributed by atoms with Crippen LogP contribution in [0.4, 0.5) is 5.69 Å². The molecule has 31 heavy (non-hydrogen) atoms. The van der Waals surface area contributed by atoms with Crippen LogP contribution in [0.5, 0.6) is 0 Å². The number of nitrogens with one attached hydrogen (secondary N) is 1. The molecule has 1 atom stereocenters. The molecule has 1 aliphatic carbocycles. The first-order valence-electron chi connectivity index (χ1n) is 10.7. The Morgan fingerprint density at radius 2 is 1.90 bits per heavy atom. The van der Waals surface area contributed by atoms with E-state index in [0.717, 1.165) is 35.3 Å². The number of rotatable bonds is 4. The Kier molecular flexibility index (Phi) is 4.66. The van der Waals surface area contributed by atoms with Gasteiger partial charge in [-0.2, -0.15) is 5.10 Å². The van der Waals surface area contributed by atoms with Crippen molar-refractivity contribution in [1.29, 1.82) is 0 Å². The van der Waals surface area contributed by atoms with Crippen molar-refractivity contribution in [2.75, 3.05) is 16.8 Å². The maximum atomic E-state index is 13.4. The SMILES string of the molecule is Cc1ccc(NC(=O)c2cc(C3CC3)nc3c2c(C)nn3[C@H]2CCS(=O)(=O)C2)c(C)c1. The molecule has 3 heterocycles. The van der Waals surface area contributed by atoms with Gasteiger partial charge in [0.2, 0.25) is 0 Å². The molecule has 1 saturated heterocycles. The summed E-state index contributed by atoms with van der Waals surface area (Å²) in [5.41, 5.74) is 5.68. The molecule has 1 amide bonds. The zero-order chi connectivity index (χ0) is 21.9. The molecule has 2 aromatic heterocycles. The summed E-state index contributed by atoms with van der Waals surface area (Å²) in [5.74, 6) is 0.402. The highest BCUT2D eigenvalue weighted by molar-refractivity contribution is 7.91. The topological polar surface area (TPSA) is 93.9 Å². The number of aromatic nitrogens is 3. The monoisotopic (exact) mass is 438 g/mol. The predicted octanol–water partition coefficient (Wildman–Crippen LogP) is 3.85. The van der Waals surface area contributed by atoms with E-state index in [1.165, 1.54) is 0 Å². The Hall–Kier alpha value is -2.74. The van der Waals surface area contributed by atoms with E-state index in [-0.39, 0.29) is 23.5 Å². The van der Waals surface area contributed by atoms with Gasteiger partial charge in [0.25, 0.3) is 5.91 Å². The molecule has 0 radical (unpaired) electrons. The molecule has 8 heteroatoms. The maximum absolute atomic E-state index is 13.4. The van der Waals surface area contributed by atoms with Crippen molar-refractivity contribution in [3.05, 3.63) is 52.3 Å². The largest absolute Gasteiger partial charge is 0.322 e. The molecule has 1 N–H and O–H groups in total. The lowest BCUT2D eigenvalue weighted by Crippen LogP contribution is -2.16. The molecule has 7 nitrogen and oxygen atoms in total. The van der Waals surface area contributed by atoms with Gasteiger partial charge in [0, 0.05) is 17.3 Å². The lowest BCUT2D eigenvalue weighted by molar-refractivity contribution is 0.102.